The largest absolute Gasteiger partial charge is 0.302 e. The summed E-state index contributed by atoms with van der Waals surface area (Å²) >= 11 is 0. The number of hydrogen-bond acceptors (Lipinski definition) is 2. The van der Waals surface area contributed by atoms with E-state index in [1.165, 1.54) is 0 Å². The summed E-state index contributed by atoms with van der Waals surface area (Å²) in [5.74, 6) is -0.343. The van der Waals surface area contributed by atoms with Crippen LogP contribution in [0.3, 0.4) is 0 Å². The van der Waals surface area contributed by atoms with Crippen LogP contribution in [-0.2, 0) is 10.2 Å². The maximum atomic E-state index is 11.9. The van der Waals surface area contributed by atoms with Crippen molar-refractivity contribution in [2.24, 2.45) is 5.41 Å². The van der Waals surface area contributed by atoms with Crippen molar-refractivity contribution < 1.29 is 12.3 Å². The van der Waals surface area contributed by atoms with Gasteiger partial charge in [-0.2, -0.15) is 8.42 Å². The molecule has 0 aliphatic rings. The van der Waals surface area contributed by atoms with E-state index in [0.29, 0.717) is 6.42 Å². The zero-order valence-electron chi connectivity index (χ0n) is 7.22. The summed E-state index contributed by atoms with van der Waals surface area (Å²) in [4.78, 5) is 0. The van der Waals surface area contributed by atoms with E-state index in [-0.39, 0.29) is 11.2 Å². The maximum absolute atomic E-state index is 11.9. The minimum atomic E-state index is -4.25. The summed E-state index contributed by atoms with van der Waals surface area (Å²) in [7, 11) is -4.25. The van der Waals surface area contributed by atoms with Crippen molar-refractivity contribution in [1.82, 2.24) is 0 Å². The average molecular weight is 182 g/mol. The van der Waals surface area contributed by atoms with Gasteiger partial charge in [0.25, 0.3) is 0 Å². The van der Waals surface area contributed by atoms with E-state index in [4.69, 9.17) is 0 Å². The Labute approximate surface area is 68.0 Å². The molecule has 0 aromatic heterocycles. The smallest absolute Gasteiger partial charge is 0.195 e. The van der Waals surface area contributed by atoms with E-state index < -0.39 is 10.2 Å². The summed E-state index contributed by atoms with van der Waals surface area (Å²) in [6, 6.07) is 0. The van der Waals surface area contributed by atoms with Gasteiger partial charge >= 0.3 is 10.2 Å². The molecule has 0 fully saturated rings. The summed E-state index contributed by atoms with van der Waals surface area (Å²) in [5, 5.41) is 0. The van der Waals surface area contributed by atoms with E-state index in [1.807, 2.05) is 20.8 Å². The Bertz CT molecular complexity index is 201. The molecule has 68 valence electrons. The molecule has 0 N–H and O–H groups in total. The van der Waals surface area contributed by atoms with Crippen LogP contribution in [-0.4, -0.2) is 14.2 Å². The first-order valence-corrected chi connectivity index (χ1v) is 5.18. The van der Waals surface area contributed by atoms with Gasteiger partial charge in [-0.3, -0.25) is 0 Å². The van der Waals surface area contributed by atoms with Crippen LogP contribution in [0.1, 0.15) is 33.6 Å². The van der Waals surface area contributed by atoms with Crippen LogP contribution >= 0.6 is 0 Å². The zero-order valence-corrected chi connectivity index (χ0v) is 8.04. The highest BCUT2D eigenvalue weighted by Gasteiger charge is 2.13. The van der Waals surface area contributed by atoms with Crippen LogP contribution in [0.25, 0.3) is 0 Å². The second-order valence-electron chi connectivity index (χ2n) is 3.91. The van der Waals surface area contributed by atoms with Crippen molar-refractivity contribution in [2.75, 3.05) is 5.75 Å². The van der Waals surface area contributed by atoms with Crippen LogP contribution in [0.4, 0.5) is 3.89 Å². The molecule has 0 saturated heterocycles. The second kappa shape index (κ2) is 3.52. The monoisotopic (exact) mass is 182 g/mol. The van der Waals surface area contributed by atoms with E-state index in [9.17, 15) is 12.3 Å². The van der Waals surface area contributed by atoms with E-state index in [0.717, 1.165) is 6.42 Å². The lowest BCUT2D eigenvalue weighted by Crippen LogP contribution is -2.08. The van der Waals surface area contributed by atoms with Crippen molar-refractivity contribution in [3.05, 3.63) is 0 Å². The van der Waals surface area contributed by atoms with Crippen LogP contribution < -0.4 is 0 Å². The summed E-state index contributed by atoms with van der Waals surface area (Å²) in [6.07, 6.45) is 1.14. The molecule has 0 bridgehead atoms. The van der Waals surface area contributed by atoms with Gasteiger partial charge < -0.3 is 0 Å². The van der Waals surface area contributed by atoms with Gasteiger partial charge in [0.1, 0.15) is 0 Å². The Hall–Kier alpha value is -0.120. The van der Waals surface area contributed by atoms with E-state index in [2.05, 4.69) is 0 Å². The van der Waals surface area contributed by atoms with Crippen LogP contribution in [0.15, 0.2) is 0 Å². The molecule has 0 unspecified atom stereocenters. The molecular weight excluding hydrogens is 167 g/mol. The van der Waals surface area contributed by atoms with Gasteiger partial charge in [-0.15, -0.1) is 3.89 Å². The number of rotatable bonds is 3. The standard InChI is InChI=1S/C7H15FO2S/c1-7(2,3)5-4-6-11(8,9)10/h4-6H2,1-3H3. The lowest BCUT2D eigenvalue weighted by atomic mass is 9.91. The first-order valence-electron chi connectivity index (χ1n) is 3.63. The van der Waals surface area contributed by atoms with Gasteiger partial charge in [0.15, 0.2) is 0 Å². The first kappa shape index (κ1) is 10.9. The molecule has 0 aliphatic carbocycles. The van der Waals surface area contributed by atoms with Crippen molar-refractivity contribution in [3.63, 3.8) is 0 Å². The normalized spacial score (nSPS) is 13.5. The highest BCUT2D eigenvalue weighted by atomic mass is 32.3. The van der Waals surface area contributed by atoms with E-state index >= 15 is 0 Å². The molecule has 0 aliphatic heterocycles. The molecule has 0 aromatic carbocycles. The molecule has 0 radical (unpaired) electrons. The van der Waals surface area contributed by atoms with Gasteiger partial charge in [-0.1, -0.05) is 20.8 Å². The lowest BCUT2D eigenvalue weighted by Gasteiger charge is -2.16. The first-order chi connectivity index (χ1) is 4.71. The van der Waals surface area contributed by atoms with E-state index in [1.54, 1.807) is 0 Å². The Kier molecular flexibility index (Phi) is 3.48. The fourth-order valence-corrected chi connectivity index (χ4v) is 1.26. The Morgan fingerprint density at radius 1 is 1.27 bits per heavy atom. The van der Waals surface area contributed by atoms with Gasteiger partial charge in [0, 0.05) is 0 Å². The third-order valence-electron chi connectivity index (χ3n) is 1.31. The predicted octanol–water partition coefficient (Wildman–Crippen LogP) is 2.11. The highest BCUT2D eigenvalue weighted by molar-refractivity contribution is 7.86. The fourth-order valence-electron chi connectivity index (χ4n) is 0.775. The Morgan fingerprint density at radius 2 is 1.73 bits per heavy atom. The SMILES string of the molecule is CC(C)(C)CCCS(=O)(=O)F. The molecule has 0 rings (SSSR count). The average Bonchev–Trinajstić information content (AvgIpc) is 1.55. The van der Waals surface area contributed by atoms with Crippen molar-refractivity contribution >= 4 is 10.2 Å². The van der Waals surface area contributed by atoms with Gasteiger partial charge in [-0.05, 0) is 18.3 Å². The molecular formula is C7H15FO2S. The molecule has 0 amide bonds. The lowest BCUT2D eigenvalue weighted by molar-refractivity contribution is 0.372. The third kappa shape index (κ3) is 9.88. The minimum absolute atomic E-state index is 0.0880. The van der Waals surface area contributed by atoms with Gasteiger partial charge in [0.2, 0.25) is 0 Å². The summed E-state index contributed by atoms with van der Waals surface area (Å²) in [5.41, 5.74) is 0.0880. The van der Waals surface area contributed by atoms with Crippen LogP contribution in [0.2, 0.25) is 0 Å². The summed E-state index contributed by atoms with van der Waals surface area (Å²) in [6.45, 7) is 5.99. The molecule has 0 spiro atoms. The summed E-state index contributed by atoms with van der Waals surface area (Å²) < 4.78 is 32.0. The highest BCUT2D eigenvalue weighted by Crippen LogP contribution is 2.20. The van der Waals surface area contributed by atoms with Crippen molar-refractivity contribution in [2.45, 2.75) is 33.6 Å². The van der Waals surface area contributed by atoms with Gasteiger partial charge in [0.05, 0.1) is 5.75 Å². The van der Waals surface area contributed by atoms with Crippen molar-refractivity contribution in [3.8, 4) is 0 Å². The van der Waals surface area contributed by atoms with Crippen LogP contribution in [0, 0.1) is 5.41 Å². The molecule has 11 heavy (non-hydrogen) atoms. The minimum Gasteiger partial charge on any atom is -0.195 e. The molecule has 0 aromatic rings. The molecule has 4 heteroatoms. The quantitative estimate of drug-likeness (QED) is 0.626. The Morgan fingerprint density at radius 3 is 2.00 bits per heavy atom. The Balaban J connectivity index is 3.61. The zero-order chi connectivity index (χ0) is 9.12. The number of hydrogen-bond donors (Lipinski definition) is 0. The van der Waals surface area contributed by atoms with Gasteiger partial charge in [-0.25, -0.2) is 0 Å². The molecule has 2 nitrogen and oxygen atoms in total. The molecule has 0 heterocycles. The van der Waals surface area contributed by atoms with Crippen molar-refractivity contribution in [1.29, 1.82) is 0 Å². The predicted molar refractivity (Wildman–Crippen MR) is 43.6 cm³/mol. The second-order valence-corrected chi connectivity index (χ2v) is 5.39. The van der Waals surface area contributed by atoms with Crippen LogP contribution in [0.5, 0.6) is 0 Å². The molecule has 0 atom stereocenters. The maximum Gasteiger partial charge on any atom is 0.302 e. The molecule has 0 saturated carbocycles. The fraction of sp³-hybridized carbons (Fsp3) is 1.00. The topological polar surface area (TPSA) is 34.1 Å². The number of halogens is 1. The third-order valence-corrected chi connectivity index (χ3v) is 2.09.